The van der Waals surface area contributed by atoms with Crippen LogP contribution in [-0.2, 0) is 14.3 Å². The predicted molar refractivity (Wildman–Crippen MR) is 109 cm³/mol. The van der Waals surface area contributed by atoms with Crippen molar-refractivity contribution < 1.29 is 19.1 Å². The van der Waals surface area contributed by atoms with E-state index in [1.807, 2.05) is 35.2 Å². The maximum atomic E-state index is 13.1. The molecule has 7 nitrogen and oxygen atoms in total. The molecule has 3 heterocycles. The Labute approximate surface area is 172 Å². The van der Waals surface area contributed by atoms with Gasteiger partial charge >= 0.3 is 0 Å². The SMILES string of the molecule is O=C(COc1ccccc1)N1CCN([C@@H]2CCCN(C3CCOCC3)C2=O)CC1. The highest BCUT2D eigenvalue weighted by Gasteiger charge is 2.38. The topological polar surface area (TPSA) is 62.3 Å². The number of carbonyl (C=O) groups is 2. The zero-order valence-corrected chi connectivity index (χ0v) is 17.0. The summed E-state index contributed by atoms with van der Waals surface area (Å²) in [6.07, 6.45) is 3.87. The first-order valence-electron chi connectivity index (χ1n) is 10.8. The number of benzene rings is 1. The Balaban J connectivity index is 1.26. The molecule has 1 aromatic rings. The number of carbonyl (C=O) groups excluding carboxylic acids is 2. The number of para-hydroxylation sites is 1. The van der Waals surface area contributed by atoms with E-state index in [1.54, 1.807) is 0 Å². The van der Waals surface area contributed by atoms with E-state index >= 15 is 0 Å². The number of amides is 2. The van der Waals surface area contributed by atoms with Gasteiger partial charge < -0.3 is 19.3 Å². The second kappa shape index (κ2) is 9.59. The Morgan fingerprint density at radius 2 is 1.72 bits per heavy atom. The van der Waals surface area contributed by atoms with E-state index in [0.29, 0.717) is 24.9 Å². The number of rotatable bonds is 5. The summed E-state index contributed by atoms with van der Waals surface area (Å²) in [7, 11) is 0. The summed E-state index contributed by atoms with van der Waals surface area (Å²) in [5.41, 5.74) is 0. The molecule has 3 aliphatic rings. The molecule has 7 heteroatoms. The Kier molecular flexibility index (Phi) is 6.67. The molecule has 4 rings (SSSR count). The van der Waals surface area contributed by atoms with Gasteiger partial charge in [-0.3, -0.25) is 14.5 Å². The van der Waals surface area contributed by atoms with Crippen LogP contribution in [0.25, 0.3) is 0 Å². The van der Waals surface area contributed by atoms with Crippen molar-refractivity contribution in [2.75, 3.05) is 52.5 Å². The number of nitrogens with zero attached hydrogens (tertiary/aromatic N) is 3. The van der Waals surface area contributed by atoms with E-state index in [4.69, 9.17) is 9.47 Å². The minimum atomic E-state index is -0.0376. The zero-order valence-electron chi connectivity index (χ0n) is 17.0. The Morgan fingerprint density at radius 3 is 2.45 bits per heavy atom. The van der Waals surface area contributed by atoms with Crippen LogP contribution in [0.3, 0.4) is 0 Å². The van der Waals surface area contributed by atoms with Gasteiger partial charge in [0.2, 0.25) is 5.91 Å². The maximum absolute atomic E-state index is 13.1. The molecule has 0 aliphatic carbocycles. The standard InChI is InChI=1S/C22H31N3O4/c26-21(17-29-19-5-2-1-3-6-19)24-13-11-23(12-14-24)20-7-4-10-25(22(20)27)18-8-15-28-16-9-18/h1-3,5-6,18,20H,4,7-17H2/t20-/m1/s1. The molecule has 2 amide bonds. The van der Waals surface area contributed by atoms with Crippen molar-refractivity contribution in [1.82, 2.24) is 14.7 Å². The fraction of sp³-hybridized carbons (Fsp3) is 0.636. The monoisotopic (exact) mass is 401 g/mol. The van der Waals surface area contributed by atoms with Crippen molar-refractivity contribution in [3.63, 3.8) is 0 Å². The van der Waals surface area contributed by atoms with Crippen LogP contribution >= 0.6 is 0 Å². The van der Waals surface area contributed by atoms with E-state index < -0.39 is 0 Å². The van der Waals surface area contributed by atoms with Crippen LogP contribution in [0, 0.1) is 0 Å². The van der Waals surface area contributed by atoms with Gasteiger partial charge in [-0.1, -0.05) is 18.2 Å². The Hall–Kier alpha value is -2.12. The zero-order chi connectivity index (χ0) is 20.1. The Morgan fingerprint density at radius 1 is 1.00 bits per heavy atom. The van der Waals surface area contributed by atoms with E-state index in [1.165, 1.54) is 0 Å². The van der Waals surface area contributed by atoms with Crippen LogP contribution in [0.4, 0.5) is 0 Å². The van der Waals surface area contributed by atoms with Crippen molar-refractivity contribution in [2.45, 2.75) is 37.8 Å². The molecule has 3 aliphatic heterocycles. The second-order valence-electron chi connectivity index (χ2n) is 8.05. The highest BCUT2D eigenvalue weighted by atomic mass is 16.5. The molecule has 0 bridgehead atoms. The van der Waals surface area contributed by atoms with E-state index in [9.17, 15) is 9.59 Å². The summed E-state index contributed by atoms with van der Waals surface area (Å²) >= 11 is 0. The van der Waals surface area contributed by atoms with Crippen molar-refractivity contribution in [3.05, 3.63) is 30.3 Å². The summed E-state index contributed by atoms with van der Waals surface area (Å²) < 4.78 is 11.0. The molecule has 0 N–H and O–H groups in total. The lowest BCUT2D eigenvalue weighted by atomic mass is 9.97. The van der Waals surface area contributed by atoms with Gasteiger partial charge in [-0.05, 0) is 37.8 Å². The molecule has 1 aromatic carbocycles. The summed E-state index contributed by atoms with van der Waals surface area (Å²) in [5, 5.41) is 0. The van der Waals surface area contributed by atoms with Crippen molar-refractivity contribution in [2.24, 2.45) is 0 Å². The highest BCUT2D eigenvalue weighted by Crippen LogP contribution is 2.24. The molecule has 0 radical (unpaired) electrons. The van der Waals surface area contributed by atoms with Gasteiger partial charge in [0.05, 0.1) is 6.04 Å². The summed E-state index contributed by atoms with van der Waals surface area (Å²) in [6.45, 7) is 5.23. The van der Waals surface area contributed by atoms with E-state index in [2.05, 4.69) is 9.80 Å². The average Bonchev–Trinajstić information content (AvgIpc) is 2.79. The van der Waals surface area contributed by atoms with Gasteiger partial charge in [0.15, 0.2) is 6.61 Å². The van der Waals surface area contributed by atoms with Crippen molar-refractivity contribution in [1.29, 1.82) is 0 Å². The first-order chi connectivity index (χ1) is 14.2. The smallest absolute Gasteiger partial charge is 0.260 e. The molecule has 29 heavy (non-hydrogen) atoms. The molecule has 0 unspecified atom stereocenters. The van der Waals surface area contributed by atoms with Gasteiger partial charge in [0.25, 0.3) is 5.91 Å². The van der Waals surface area contributed by atoms with Crippen molar-refractivity contribution >= 4 is 11.8 Å². The number of hydrogen-bond acceptors (Lipinski definition) is 5. The molecular formula is C22H31N3O4. The van der Waals surface area contributed by atoms with Crippen LogP contribution in [0.5, 0.6) is 5.75 Å². The molecule has 0 aromatic heterocycles. The van der Waals surface area contributed by atoms with Crippen LogP contribution in [0.15, 0.2) is 30.3 Å². The molecule has 0 saturated carbocycles. The quantitative estimate of drug-likeness (QED) is 0.746. The first-order valence-corrected chi connectivity index (χ1v) is 10.8. The molecular weight excluding hydrogens is 370 g/mol. The normalized spacial score (nSPS) is 24.6. The average molecular weight is 402 g/mol. The number of likely N-dealkylation sites (tertiary alicyclic amines) is 1. The summed E-state index contributed by atoms with van der Waals surface area (Å²) in [4.78, 5) is 31.8. The fourth-order valence-corrected chi connectivity index (χ4v) is 4.61. The Bertz CT molecular complexity index is 685. The van der Waals surface area contributed by atoms with Gasteiger partial charge in [-0.25, -0.2) is 0 Å². The minimum absolute atomic E-state index is 0.00676. The number of hydrogen-bond donors (Lipinski definition) is 0. The lowest BCUT2D eigenvalue weighted by molar-refractivity contribution is -0.146. The van der Waals surface area contributed by atoms with E-state index in [-0.39, 0.29) is 24.5 Å². The molecule has 0 spiro atoms. The number of piperazine rings is 1. The predicted octanol–water partition coefficient (Wildman–Crippen LogP) is 1.38. The van der Waals surface area contributed by atoms with Gasteiger partial charge in [-0.2, -0.15) is 0 Å². The number of piperidine rings is 1. The van der Waals surface area contributed by atoms with Gasteiger partial charge in [-0.15, -0.1) is 0 Å². The van der Waals surface area contributed by atoms with Gasteiger partial charge in [0, 0.05) is 52.0 Å². The minimum Gasteiger partial charge on any atom is -0.484 e. The third-order valence-electron chi connectivity index (χ3n) is 6.29. The van der Waals surface area contributed by atoms with Crippen LogP contribution in [-0.4, -0.2) is 91.1 Å². The second-order valence-corrected chi connectivity index (χ2v) is 8.05. The maximum Gasteiger partial charge on any atom is 0.260 e. The lowest BCUT2D eigenvalue weighted by Gasteiger charge is -2.45. The van der Waals surface area contributed by atoms with Crippen molar-refractivity contribution in [3.8, 4) is 5.75 Å². The molecule has 1 atom stereocenters. The highest BCUT2D eigenvalue weighted by molar-refractivity contribution is 5.83. The first kappa shape index (κ1) is 20.2. The van der Waals surface area contributed by atoms with E-state index in [0.717, 1.165) is 58.5 Å². The summed E-state index contributed by atoms with van der Waals surface area (Å²) in [5.74, 6) is 0.989. The largest absolute Gasteiger partial charge is 0.484 e. The number of ether oxygens (including phenoxy) is 2. The molecule has 3 fully saturated rings. The fourth-order valence-electron chi connectivity index (χ4n) is 4.61. The third kappa shape index (κ3) is 4.90. The van der Waals surface area contributed by atoms with Crippen LogP contribution < -0.4 is 4.74 Å². The van der Waals surface area contributed by atoms with Crippen LogP contribution in [0.2, 0.25) is 0 Å². The third-order valence-corrected chi connectivity index (χ3v) is 6.29. The lowest BCUT2D eigenvalue weighted by Crippen LogP contribution is -2.60. The van der Waals surface area contributed by atoms with Gasteiger partial charge in [0.1, 0.15) is 5.75 Å². The summed E-state index contributed by atoms with van der Waals surface area (Å²) in [6, 6.07) is 9.70. The molecule has 158 valence electrons. The molecule has 3 saturated heterocycles. The van der Waals surface area contributed by atoms with Crippen LogP contribution in [0.1, 0.15) is 25.7 Å².